The summed E-state index contributed by atoms with van der Waals surface area (Å²) in [6.07, 6.45) is 5.23. The largest absolute Gasteiger partial charge is 0.495 e. The Hall–Kier alpha value is -1.53. The van der Waals surface area contributed by atoms with Crippen molar-refractivity contribution >= 4 is 0 Å². The summed E-state index contributed by atoms with van der Waals surface area (Å²) in [5, 5.41) is 12.5. The number of methoxy groups -OCH3 is 1. The molecule has 1 saturated carbocycles. The lowest BCUT2D eigenvalue weighted by Gasteiger charge is -2.12. The normalized spacial score (nSPS) is 15.8. The number of nitriles is 1. The van der Waals surface area contributed by atoms with Gasteiger partial charge in [0.25, 0.3) is 0 Å². The zero-order valence-electron chi connectivity index (χ0n) is 10.2. The van der Waals surface area contributed by atoms with Gasteiger partial charge in [0, 0.05) is 12.6 Å². The number of rotatable bonds is 4. The Labute approximate surface area is 102 Å². The first kappa shape index (κ1) is 11.9. The maximum atomic E-state index is 9.00. The lowest BCUT2D eigenvalue weighted by atomic mass is 10.1. The van der Waals surface area contributed by atoms with Gasteiger partial charge in [-0.15, -0.1) is 0 Å². The Morgan fingerprint density at radius 1 is 1.41 bits per heavy atom. The van der Waals surface area contributed by atoms with Gasteiger partial charge in [-0.3, -0.25) is 0 Å². The Morgan fingerprint density at radius 2 is 2.18 bits per heavy atom. The van der Waals surface area contributed by atoms with Gasteiger partial charge in [0.2, 0.25) is 0 Å². The van der Waals surface area contributed by atoms with Crippen LogP contribution in [-0.4, -0.2) is 13.2 Å². The van der Waals surface area contributed by atoms with Gasteiger partial charge in [0.05, 0.1) is 12.7 Å². The average Bonchev–Trinajstić information content (AvgIpc) is 2.89. The molecule has 0 aromatic heterocycles. The van der Waals surface area contributed by atoms with Crippen LogP contribution in [-0.2, 0) is 6.54 Å². The van der Waals surface area contributed by atoms with Gasteiger partial charge in [-0.25, -0.2) is 0 Å². The van der Waals surface area contributed by atoms with Crippen molar-refractivity contribution in [2.75, 3.05) is 7.11 Å². The quantitative estimate of drug-likeness (QED) is 0.864. The predicted octanol–water partition coefficient (Wildman–Crippen LogP) is 2.60. The number of nitrogens with one attached hydrogen (secondary N) is 1. The van der Waals surface area contributed by atoms with E-state index in [-0.39, 0.29) is 0 Å². The molecule has 0 saturated heterocycles. The van der Waals surface area contributed by atoms with E-state index in [1.807, 2.05) is 18.2 Å². The van der Waals surface area contributed by atoms with Crippen LogP contribution in [0.5, 0.6) is 5.75 Å². The molecule has 0 radical (unpaired) electrons. The molecule has 0 spiro atoms. The highest BCUT2D eigenvalue weighted by molar-refractivity contribution is 5.45. The molecule has 0 amide bonds. The number of hydrogen-bond donors (Lipinski definition) is 1. The smallest absolute Gasteiger partial charge is 0.136 e. The molecule has 0 unspecified atom stereocenters. The SMILES string of the molecule is COc1ccc(CNC2CCCC2)cc1C#N. The fourth-order valence-corrected chi connectivity index (χ4v) is 2.34. The summed E-state index contributed by atoms with van der Waals surface area (Å²) in [4.78, 5) is 0. The molecule has 1 aromatic carbocycles. The van der Waals surface area contributed by atoms with Gasteiger partial charge in [-0.1, -0.05) is 18.9 Å². The number of nitrogens with zero attached hydrogens (tertiary/aromatic N) is 1. The summed E-state index contributed by atoms with van der Waals surface area (Å²) in [6.45, 7) is 0.837. The van der Waals surface area contributed by atoms with Crippen LogP contribution in [0.1, 0.15) is 36.8 Å². The summed E-state index contributed by atoms with van der Waals surface area (Å²) >= 11 is 0. The van der Waals surface area contributed by atoms with Crippen molar-refractivity contribution in [1.29, 1.82) is 5.26 Å². The Balaban J connectivity index is 1.99. The number of benzene rings is 1. The molecule has 0 bridgehead atoms. The fourth-order valence-electron chi connectivity index (χ4n) is 2.34. The van der Waals surface area contributed by atoms with Crippen molar-refractivity contribution < 1.29 is 4.74 Å². The van der Waals surface area contributed by atoms with Crippen LogP contribution >= 0.6 is 0 Å². The lowest BCUT2D eigenvalue weighted by Crippen LogP contribution is -2.25. The molecule has 0 aliphatic heterocycles. The summed E-state index contributed by atoms with van der Waals surface area (Å²) < 4.78 is 5.13. The van der Waals surface area contributed by atoms with Crippen LogP contribution < -0.4 is 10.1 Å². The number of hydrogen-bond acceptors (Lipinski definition) is 3. The summed E-state index contributed by atoms with van der Waals surface area (Å²) in [7, 11) is 1.59. The van der Waals surface area contributed by atoms with Crippen molar-refractivity contribution in [3.05, 3.63) is 29.3 Å². The van der Waals surface area contributed by atoms with Gasteiger partial charge in [-0.2, -0.15) is 5.26 Å². The average molecular weight is 230 g/mol. The van der Waals surface area contributed by atoms with Gasteiger partial charge in [-0.05, 0) is 30.5 Å². The third-order valence-corrected chi connectivity index (χ3v) is 3.33. The van der Waals surface area contributed by atoms with Crippen molar-refractivity contribution in [2.45, 2.75) is 38.3 Å². The van der Waals surface area contributed by atoms with E-state index in [2.05, 4.69) is 11.4 Å². The molecular formula is C14H18N2O. The molecule has 3 heteroatoms. The highest BCUT2D eigenvalue weighted by Gasteiger charge is 2.14. The predicted molar refractivity (Wildman–Crippen MR) is 66.8 cm³/mol. The fraction of sp³-hybridized carbons (Fsp3) is 0.500. The van der Waals surface area contributed by atoms with Gasteiger partial charge in [0.1, 0.15) is 11.8 Å². The second-order valence-electron chi connectivity index (χ2n) is 4.51. The number of ether oxygens (including phenoxy) is 1. The minimum atomic E-state index is 0.609. The Morgan fingerprint density at radius 3 is 2.82 bits per heavy atom. The van der Waals surface area contributed by atoms with Crippen LogP contribution in [0.2, 0.25) is 0 Å². The molecule has 1 N–H and O–H groups in total. The van der Waals surface area contributed by atoms with E-state index in [0.29, 0.717) is 17.4 Å². The van der Waals surface area contributed by atoms with E-state index in [1.54, 1.807) is 7.11 Å². The van der Waals surface area contributed by atoms with Crippen molar-refractivity contribution in [1.82, 2.24) is 5.32 Å². The van der Waals surface area contributed by atoms with Crippen molar-refractivity contribution in [3.63, 3.8) is 0 Å². The third-order valence-electron chi connectivity index (χ3n) is 3.33. The Bertz CT molecular complexity index is 417. The lowest BCUT2D eigenvalue weighted by molar-refractivity contribution is 0.413. The maximum absolute atomic E-state index is 9.00. The van der Waals surface area contributed by atoms with Crippen LogP contribution in [0, 0.1) is 11.3 Å². The molecule has 0 heterocycles. The summed E-state index contributed by atoms with van der Waals surface area (Å²) in [6, 6.07) is 8.60. The summed E-state index contributed by atoms with van der Waals surface area (Å²) in [5.74, 6) is 0.650. The highest BCUT2D eigenvalue weighted by atomic mass is 16.5. The molecule has 1 aliphatic rings. The van der Waals surface area contributed by atoms with E-state index >= 15 is 0 Å². The molecule has 3 nitrogen and oxygen atoms in total. The van der Waals surface area contributed by atoms with E-state index in [9.17, 15) is 0 Å². The third kappa shape index (κ3) is 2.98. The zero-order valence-corrected chi connectivity index (χ0v) is 10.2. The van der Waals surface area contributed by atoms with Crippen molar-refractivity contribution in [3.8, 4) is 11.8 Å². The first-order valence-corrected chi connectivity index (χ1v) is 6.14. The minimum Gasteiger partial charge on any atom is -0.495 e. The highest BCUT2D eigenvalue weighted by Crippen LogP contribution is 2.20. The van der Waals surface area contributed by atoms with Gasteiger partial charge < -0.3 is 10.1 Å². The molecule has 1 fully saturated rings. The second-order valence-corrected chi connectivity index (χ2v) is 4.51. The van der Waals surface area contributed by atoms with Crippen molar-refractivity contribution in [2.24, 2.45) is 0 Å². The molecule has 90 valence electrons. The van der Waals surface area contributed by atoms with Crippen LogP contribution in [0.15, 0.2) is 18.2 Å². The summed E-state index contributed by atoms with van der Waals surface area (Å²) in [5.41, 5.74) is 1.76. The van der Waals surface area contributed by atoms with Crippen LogP contribution in [0.25, 0.3) is 0 Å². The maximum Gasteiger partial charge on any atom is 0.136 e. The zero-order chi connectivity index (χ0) is 12.1. The Kier molecular flexibility index (Phi) is 4.00. The van der Waals surface area contributed by atoms with Gasteiger partial charge >= 0.3 is 0 Å². The minimum absolute atomic E-state index is 0.609. The molecule has 1 aromatic rings. The van der Waals surface area contributed by atoms with E-state index in [0.717, 1.165) is 12.1 Å². The first-order valence-electron chi connectivity index (χ1n) is 6.14. The van der Waals surface area contributed by atoms with E-state index in [4.69, 9.17) is 10.00 Å². The molecular weight excluding hydrogens is 212 g/mol. The van der Waals surface area contributed by atoms with Crippen LogP contribution in [0.3, 0.4) is 0 Å². The molecule has 0 atom stereocenters. The second kappa shape index (κ2) is 5.70. The van der Waals surface area contributed by atoms with Crippen LogP contribution in [0.4, 0.5) is 0 Å². The van der Waals surface area contributed by atoms with E-state index in [1.165, 1.54) is 25.7 Å². The van der Waals surface area contributed by atoms with E-state index < -0.39 is 0 Å². The standard InChI is InChI=1S/C14H18N2O/c1-17-14-7-6-11(8-12(14)9-15)10-16-13-4-2-3-5-13/h6-8,13,16H,2-5,10H2,1H3. The molecule has 17 heavy (non-hydrogen) atoms. The molecule has 2 rings (SSSR count). The topological polar surface area (TPSA) is 45.0 Å². The first-order chi connectivity index (χ1) is 8.33. The monoisotopic (exact) mass is 230 g/mol. The molecule has 1 aliphatic carbocycles. The van der Waals surface area contributed by atoms with Gasteiger partial charge in [0.15, 0.2) is 0 Å².